The van der Waals surface area contributed by atoms with Crippen molar-refractivity contribution < 1.29 is 0 Å². The van der Waals surface area contributed by atoms with Crippen LogP contribution in [-0.4, -0.2) is 13.1 Å². The van der Waals surface area contributed by atoms with Crippen molar-refractivity contribution in [1.29, 1.82) is 0 Å². The van der Waals surface area contributed by atoms with Gasteiger partial charge in [0.05, 0.1) is 6.20 Å². The SMILES string of the molecule is [C]1=C2CCNC=C2CCN1. The molecule has 2 rings (SSSR count). The molecule has 0 aromatic heterocycles. The average Bonchev–Trinajstić information content (AvgIpc) is 2.05. The summed E-state index contributed by atoms with van der Waals surface area (Å²) in [5.41, 5.74) is 2.80. The van der Waals surface area contributed by atoms with Crippen molar-refractivity contribution >= 4 is 0 Å². The van der Waals surface area contributed by atoms with Gasteiger partial charge in [-0.1, -0.05) is 0 Å². The lowest BCUT2D eigenvalue weighted by atomic mass is 9.97. The number of rotatable bonds is 0. The van der Waals surface area contributed by atoms with E-state index in [1.807, 2.05) is 0 Å². The van der Waals surface area contributed by atoms with E-state index < -0.39 is 0 Å². The molecule has 0 bridgehead atoms. The van der Waals surface area contributed by atoms with Crippen LogP contribution in [0.25, 0.3) is 0 Å². The summed E-state index contributed by atoms with van der Waals surface area (Å²) in [4.78, 5) is 0. The molecular formula is C8H11N2. The molecule has 2 N–H and O–H groups in total. The van der Waals surface area contributed by atoms with Crippen LogP contribution in [0, 0.1) is 6.20 Å². The van der Waals surface area contributed by atoms with E-state index in [4.69, 9.17) is 0 Å². The molecule has 2 heterocycles. The number of nitrogens with one attached hydrogen (secondary N) is 2. The normalized spacial score (nSPS) is 23.2. The van der Waals surface area contributed by atoms with Crippen molar-refractivity contribution in [1.82, 2.24) is 10.6 Å². The summed E-state index contributed by atoms with van der Waals surface area (Å²) >= 11 is 0. The molecule has 2 nitrogen and oxygen atoms in total. The van der Waals surface area contributed by atoms with E-state index >= 15 is 0 Å². The third-order valence-corrected chi connectivity index (χ3v) is 1.94. The molecule has 0 aromatic carbocycles. The highest BCUT2D eigenvalue weighted by atomic mass is 14.9. The van der Waals surface area contributed by atoms with Crippen LogP contribution in [0.5, 0.6) is 0 Å². The van der Waals surface area contributed by atoms with E-state index in [0.717, 1.165) is 25.9 Å². The molecule has 10 heavy (non-hydrogen) atoms. The third-order valence-electron chi connectivity index (χ3n) is 1.94. The van der Waals surface area contributed by atoms with Crippen molar-refractivity contribution in [3.05, 3.63) is 23.5 Å². The van der Waals surface area contributed by atoms with Gasteiger partial charge >= 0.3 is 0 Å². The lowest BCUT2D eigenvalue weighted by Gasteiger charge is -2.21. The van der Waals surface area contributed by atoms with Crippen LogP contribution in [0.2, 0.25) is 0 Å². The monoisotopic (exact) mass is 135 g/mol. The summed E-state index contributed by atoms with van der Waals surface area (Å²) in [6, 6.07) is 0. The minimum absolute atomic E-state index is 1.04. The van der Waals surface area contributed by atoms with Crippen molar-refractivity contribution in [2.24, 2.45) is 0 Å². The molecule has 2 aliphatic heterocycles. The molecule has 53 valence electrons. The van der Waals surface area contributed by atoms with Gasteiger partial charge in [0.15, 0.2) is 0 Å². The largest absolute Gasteiger partial charge is 0.390 e. The molecule has 0 aromatic rings. The van der Waals surface area contributed by atoms with Crippen LogP contribution in [0.15, 0.2) is 17.3 Å². The van der Waals surface area contributed by atoms with E-state index in [0.29, 0.717) is 0 Å². The summed E-state index contributed by atoms with van der Waals surface area (Å²) in [7, 11) is 0. The van der Waals surface area contributed by atoms with E-state index in [2.05, 4.69) is 23.0 Å². The Bertz CT molecular complexity index is 169. The standard InChI is InChI=1S/C8H11N2/c1-3-9-6-8-2-4-10-5-7(1)8/h5,9-10H,1-4H2. The quantitative estimate of drug-likeness (QED) is 0.506. The Hall–Kier alpha value is -0.920. The van der Waals surface area contributed by atoms with Gasteiger partial charge in [-0.2, -0.15) is 0 Å². The zero-order valence-electron chi connectivity index (χ0n) is 5.91. The number of fused-ring (bicyclic) bond motifs is 1. The smallest absolute Gasteiger partial charge is 0.0615 e. The Kier molecular flexibility index (Phi) is 1.38. The maximum Gasteiger partial charge on any atom is 0.0615 e. The van der Waals surface area contributed by atoms with Gasteiger partial charge in [0, 0.05) is 19.3 Å². The molecule has 0 amide bonds. The predicted molar refractivity (Wildman–Crippen MR) is 40.1 cm³/mol. The summed E-state index contributed by atoms with van der Waals surface area (Å²) < 4.78 is 0. The van der Waals surface area contributed by atoms with Crippen molar-refractivity contribution in [3.8, 4) is 0 Å². The summed E-state index contributed by atoms with van der Waals surface area (Å²) in [6.45, 7) is 2.10. The topological polar surface area (TPSA) is 24.1 Å². The maximum absolute atomic E-state index is 3.23. The number of hydrogen-bond acceptors (Lipinski definition) is 2. The molecular weight excluding hydrogens is 124 g/mol. The van der Waals surface area contributed by atoms with Crippen LogP contribution in [0.4, 0.5) is 0 Å². The van der Waals surface area contributed by atoms with Gasteiger partial charge in [-0.25, -0.2) is 0 Å². The van der Waals surface area contributed by atoms with Crippen LogP contribution in [-0.2, 0) is 0 Å². The van der Waals surface area contributed by atoms with Crippen LogP contribution in [0.1, 0.15) is 12.8 Å². The Labute approximate surface area is 61.0 Å². The molecule has 0 unspecified atom stereocenters. The second-order valence-corrected chi connectivity index (χ2v) is 2.65. The fourth-order valence-electron chi connectivity index (χ4n) is 1.37. The molecule has 0 atom stereocenters. The fourth-order valence-corrected chi connectivity index (χ4v) is 1.37. The van der Waals surface area contributed by atoms with Gasteiger partial charge in [-0.15, -0.1) is 0 Å². The number of hydrogen-bond donors (Lipinski definition) is 2. The second-order valence-electron chi connectivity index (χ2n) is 2.65. The minimum atomic E-state index is 1.04. The molecule has 0 saturated carbocycles. The van der Waals surface area contributed by atoms with Crippen molar-refractivity contribution in [2.45, 2.75) is 12.8 Å². The van der Waals surface area contributed by atoms with E-state index in [9.17, 15) is 0 Å². The molecule has 1 radical (unpaired) electrons. The molecule has 0 saturated heterocycles. The zero-order chi connectivity index (χ0) is 6.81. The van der Waals surface area contributed by atoms with E-state index in [1.165, 1.54) is 11.1 Å². The Morgan fingerprint density at radius 1 is 1.30 bits per heavy atom. The predicted octanol–water partition coefficient (Wildman–Crippen LogP) is 0.544. The first-order chi connectivity index (χ1) is 4.97. The fraction of sp³-hybridized carbons (Fsp3) is 0.500. The first-order valence-electron chi connectivity index (χ1n) is 3.74. The lowest BCUT2D eigenvalue weighted by Crippen LogP contribution is -2.24. The van der Waals surface area contributed by atoms with Gasteiger partial charge in [0.25, 0.3) is 0 Å². The highest BCUT2D eigenvalue weighted by Gasteiger charge is 2.12. The van der Waals surface area contributed by atoms with Gasteiger partial charge in [-0.3, -0.25) is 0 Å². The maximum atomic E-state index is 3.23. The first-order valence-corrected chi connectivity index (χ1v) is 3.74. The Balaban J connectivity index is 2.25. The van der Waals surface area contributed by atoms with Crippen LogP contribution >= 0.6 is 0 Å². The summed E-state index contributed by atoms with van der Waals surface area (Å²) in [5, 5.41) is 6.36. The molecule has 0 fully saturated rings. The van der Waals surface area contributed by atoms with Crippen molar-refractivity contribution in [3.63, 3.8) is 0 Å². The molecule has 0 aliphatic carbocycles. The minimum Gasteiger partial charge on any atom is -0.390 e. The van der Waals surface area contributed by atoms with Crippen LogP contribution < -0.4 is 10.6 Å². The Morgan fingerprint density at radius 2 is 2.30 bits per heavy atom. The highest BCUT2D eigenvalue weighted by Crippen LogP contribution is 2.20. The van der Waals surface area contributed by atoms with Crippen LogP contribution in [0.3, 0.4) is 0 Å². The average molecular weight is 135 g/mol. The van der Waals surface area contributed by atoms with E-state index in [-0.39, 0.29) is 0 Å². The first kappa shape index (κ1) is 5.83. The van der Waals surface area contributed by atoms with Crippen molar-refractivity contribution in [2.75, 3.05) is 13.1 Å². The molecule has 2 aliphatic rings. The zero-order valence-corrected chi connectivity index (χ0v) is 5.91. The summed E-state index contributed by atoms with van der Waals surface area (Å²) in [5.74, 6) is 0. The van der Waals surface area contributed by atoms with Gasteiger partial charge in [0.2, 0.25) is 0 Å². The highest BCUT2D eigenvalue weighted by molar-refractivity contribution is 5.32. The van der Waals surface area contributed by atoms with Gasteiger partial charge in [-0.05, 0) is 24.0 Å². The lowest BCUT2D eigenvalue weighted by molar-refractivity contribution is 0.691. The second kappa shape index (κ2) is 2.37. The third kappa shape index (κ3) is 0.897. The van der Waals surface area contributed by atoms with Gasteiger partial charge < -0.3 is 10.6 Å². The molecule has 0 spiro atoms. The Morgan fingerprint density at radius 3 is 3.20 bits per heavy atom. The van der Waals surface area contributed by atoms with E-state index in [1.54, 1.807) is 0 Å². The summed E-state index contributed by atoms with van der Waals surface area (Å²) in [6.07, 6.45) is 7.57. The van der Waals surface area contributed by atoms with Gasteiger partial charge in [0.1, 0.15) is 0 Å². The molecule has 2 heteroatoms.